The van der Waals surface area contributed by atoms with Gasteiger partial charge in [0.15, 0.2) is 0 Å². The zero-order valence-corrected chi connectivity index (χ0v) is 12.7. The number of hydrogen-bond donors (Lipinski definition) is 2. The number of carboxylic acids is 1. The van der Waals surface area contributed by atoms with Gasteiger partial charge in [0, 0.05) is 19.1 Å². The van der Waals surface area contributed by atoms with Gasteiger partial charge in [0.05, 0.1) is 0 Å². The number of likely N-dealkylation sites (tertiary alicyclic amines) is 1. The molecule has 1 saturated heterocycles. The van der Waals surface area contributed by atoms with Crippen molar-refractivity contribution >= 4 is 5.97 Å². The molecule has 110 valence electrons. The van der Waals surface area contributed by atoms with Gasteiger partial charge >= 0.3 is 5.97 Å². The van der Waals surface area contributed by atoms with Gasteiger partial charge in [-0.2, -0.15) is 0 Å². The summed E-state index contributed by atoms with van der Waals surface area (Å²) in [5.41, 5.74) is 5.61. The van der Waals surface area contributed by atoms with Crippen LogP contribution in [0.1, 0.15) is 53.4 Å². The van der Waals surface area contributed by atoms with Crippen molar-refractivity contribution in [2.45, 2.75) is 65.0 Å². The molecule has 1 heterocycles. The lowest BCUT2D eigenvalue weighted by Crippen LogP contribution is -2.52. The minimum absolute atomic E-state index is 0.329. The topological polar surface area (TPSA) is 66.6 Å². The molecule has 1 saturated carbocycles. The highest BCUT2D eigenvalue weighted by molar-refractivity contribution is 5.79. The van der Waals surface area contributed by atoms with E-state index in [1.165, 1.54) is 6.42 Å². The van der Waals surface area contributed by atoms with E-state index in [9.17, 15) is 9.90 Å². The van der Waals surface area contributed by atoms with Gasteiger partial charge in [-0.05, 0) is 36.5 Å². The monoisotopic (exact) mass is 268 g/mol. The fourth-order valence-electron chi connectivity index (χ4n) is 4.40. The molecule has 2 aliphatic rings. The molecule has 1 aliphatic heterocycles. The highest BCUT2D eigenvalue weighted by Crippen LogP contribution is 2.47. The molecule has 0 aromatic heterocycles. The van der Waals surface area contributed by atoms with Crippen LogP contribution < -0.4 is 5.73 Å². The quantitative estimate of drug-likeness (QED) is 0.804. The second-order valence-electron chi connectivity index (χ2n) is 8.25. The summed E-state index contributed by atoms with van der Waals surface area (Å²) in [7, 11) is 0. The molecule has 4 nitrogen and oxygen atoms in total. The Hall–Kier alpha value is -0.610. The fourth-order valence-corrected chi connectivity index (χ4v) is 4.40. The zero-order chi connectivity index (χ0) is 14.5. The Bertz CT molecular complexity index is 362. The van der Waals surface area contributed by atoms with E-state index in [1.807, 2.05) is 0 Å². The standard InChI is InChI=1S/C15H28N2O2/c1-13(2)7-11(8-14(3,4)9-13)17-6-5-15(16,10-17)12(18)19/h11H,5-10,16H2,1-4H3,(H,18,19). The van der Waals surface area contributed by atoms with Crippen LogP contribution in [0.5, 0.6) is 0 Å². The first kappa shape index (κ1) is 14.8. The molecule has 1 unspecified atom stereocenters. The molecule has 1 aliphatic carbocycles. The first-order valence-electron chi connectivity index (χ1n) is 7.29. The molecule has 4 heteroatoms. The molecular formula is C15H28N2O2. The molecule has 2 rings (SSSR count). The molecule has 3 N–H and O–H groups in total. The molecule has 0 spiro atoms. The van der Waals surface area contributed by atoms with Gasteiger partial charge in [0.2, 0.25) is 0 Å². The van der Waals surface area contributed by atoms with Gasteiger partial charge < -0.3 is 10.8 Å². The minimum Gasteiger partial charge on any atom is -0.480 e. The summed E-state index contributed by atoms with van der Waals surface area (Å²) in [4.78, 5) is 13.6. The van der Waals surface area contributed by atoms with Crippen LogP contribution >= 0.6 is 0 Å². The van der Waals surface area contributed by atoms with Crippen LogP contribution in [-0.2, 0) is 4.79 Å². The van der Waals surface area contributed by atoms with Crippen LogP contribution in [-0.4, -0.2) is 40.6 Å². The first-order chi connectivity index (χ1) is 8.53. The molecule has 0 bridgehead atoms. The van der Waals surface area contributed by atoms with Crippen LogP contribution in [0.25, 0.3) is 0 Å². The molecule has 0 aromatic rings. The summed E-state index contributed by atoms with van der Waals surface area (Å²) in [5.74, 6) is -0.857. The van der Waals surface area contributed by atoms with Crippen LogP contribution in [0.15, 0.2) is 0 Å². The Kier molecular flexibility index (Phi) is 3.47. The lowest BCUT2D eigenvalue weighted by atomic mass is 9.63. The Labute approximate surface area is 116 Å². The maximum Gasteiger partial charge on any atom is 0.325 e. The predicted molar refractivity (Wildman–Crippen MR) is 75.9 cm³/mol. The SMILES string of the molecule is CC1(C)CC(N2CCC(N)(C(=O)O)C2)CC(C)(C)C1. The van der Waals surface area contributed by atoms with Crippen molar-refractivity contribution in [1.82, 2.24) is 4.90 Å². The zero-order valence-electron chi connectivity index (χ0n) is 12.7. The minimum atomic E-state index is -1.04. The second-order valence-corrected chi connectivity index (χ2v) is 8.25. The van der Waals surface area contributed by atoms with E-state index in [2.05, 4.69) is 32.6 Å². The number of nitrogens with two attached hydrogens (primary N) is 1. The lowest BCUT2D eigenvalue weighted by Gasteiger charge is -2.48. The number of carboxylic acid groups (broad SMARTS) is 1. The van der Waals surface area contributed by atoms with E-state index in [-0.39, 0.29) is 0 Å². The Balaban J connectivity index is 2.09. The number of hydrogen-bond acceptors (Lipinski definition) is 3. The Morgan fingerprint density at radius 2 is 1.74 bits per heavy atom. The van der Waals surface area contributed by atoms with E-state index < -0.39 is 11.5 Å². The summed E-state index contributed by atoms with van der Waals surface area (Å²) in [6, 6.07) is 0.475. The number of carbonyl (C=O) groups is 1. The Morgan fingerprint density at radius 1 is 1.21 bits per heavy atom. The predicted octanol–water partition coefficient (Wildman–Crippen LogP) is 2.08. The number of rotatable bonds is 2. The van der Waals surface area contributed by atoms with E-state index in [1.54, 1.807) is 0 Å². The lowest BCUT2D eigenvalue weighted by molar-refractivity contribution is -0.142. The normalized spacial score (nSPS) is 35.4. The van der Waals surface area contributed by atoms with Gasteiger partial charge in [-0.15, -0.1) is 0 Å². The van der Waals surface area contributed by atoms with Crippen molar-refractivity contribution < 1.29 is 9.90 Å². The van der Waals surface area contributed by atoms with Gasteiger partial charge in [-0.25, -0.2) is 0 Å². The smallest absolute Gasteiger partial charge is 0.325 e. The molecule has 19 heavy (non-hydrogen) atoms. The average Bonchev–Trinajstić information content (AvgIpc) is 2.57. The molecule has 2 fully saturated rings. The first-order valence-corrected chi connectivity index (χ1v) is 7.29. The average molecular weight is 268 g/mol. The molecular weight excluding hydrogens is 240 g/mol. The maximum absolute atomic E-state index is 11.3. The van der Waals surface area contributed by atoms with Crippen molar-refractivity contribution in [2.24, 2.45) is 16.6 Å². The summed E-state index contributed by atoms with van der Waals surface area (Å²) >= 11 is 0. The third kappa shape index (κ3) is 3.11. The van der Waals surface area contributed by atoms with Crippen LogP contribution in [0.4, 0.5) is 0 Å². The number of nitrogens with zero attached hydrogens (tertiary/aromatic N) is 1. The van der Waals surface area contributed by atoms with E-state index in [4.69, 9.17) is 5.73 Å². The van der Waals surface area contributed by atoms with Gasteiger partial charge in [-0.1, -0.05) is 27.7 Å². The number of aliphatic carboxylic acids is 1. The summed E-state index contributed by atoms with van der Waals surface area (Å²) in [5, 5.41) is 9.24. The molecule has 0 aromatic carbocycles. The third-order valence-corrected chi connectivity index (χ3v) is 4.81. The largest absolute Gasteiger partial charge is 0.480 e. The van der Waals surface area contributed by atoms with Crippen molar-refractivity contribution in [3.8, 4) is 0 Å². The van der Waals surface area contributed by atoms with Crippen molar-refractivity contribution in [2.75, 3.05) is 13.1 Å². The third-order valence-electron chi connectivity index (χ3n) is 4.81. The van der Waals surface area contributed by atoms with Crippen LogP contribution in [0.2, 0.25) is 0 Å². The van der Waals surface area contributed by atoms with Crippen LogP contribution in [0, 0.1) is 10.8 Å². The molecule has 1 atom stereocenters. The summed E-state index contributed by atoms with van der Waals surface area (Å²) < 4.78 is 0. The second kappa shape index (κ2) is 4.45. The molecule has 0 radical (unpaired) electrons. The van der Waals surface area contributed by atoms with Crippen molar-refractivity contribution in [3.63, 3.8) is 0 Å². The summed E-state index contributed by atoms with van der Waals surface area (Å²) in [6.07, 6.45) is 4.09. The van der Waals surface area contributed by atoms with Crippen molar-refractivity contribution in [3.05, 3.63) is 0 Å². The fraction of sp³-hybridized carbons (Fsp3) is 0.933. The van der Waals surface area contributed by atoms with Crippen LogP contribution in [0.3, 0.4) is 0 Å². The highest BCUT2D eigenvalue weighted by Gasteiger charge is 2.47. The highest BCUT2D eigenvalue weighted by atomic mass is 16.4. The Morgan fingerprint density at radius 3 is 2.16 bits per heavy atom. The van der Waals surface area contributed by atoms with Gasteiger partial charge in [0.25, 0.3) is 0 Å². The van der Waals surface area contributed by atoms with Gasteiger partial charge in [-0.3, -0.25) is 9.69 Å². The van der Waals surface area contributed by atoms with E-state index >= 15 is 0 Å². The van der Waals surface area contributed by atoms with Crippen molar-refractivity contribution in [1.29, 1.82) is 0 Å². The molecule has 0 amide bonds. The maximum atomic E-state index is 11.3. The van der Waals surface area contributed by atoms with E-state index in [0.717, 1.165) is 19.4 Å². The van der Waals surface area contributed by atoms with Gasteiger partial charge in [0.1, 0.15) is 5.54 Å². The van der Waals surface area contributed by atoms with E-state index in [0.29, 0.717) is 29.8 Å². The summed E-state index contributed by atoms with van der Waals surface area (Å²) in [6.45, 7) is 10.6.